The van der Waals surface area contributed by atoms with Gasteiger partial charge < -0.3 is 4.74 Å². The maximum Gasteiger partial charge on any atom is 0.416 e. The largest absolute Gasteiger partial charge is 0.447 e. The molecule has 2 amide bonds. The summed E-state index contributed by atoms with van der Waals surface area (Å²) in [4.78, 5) is 26.5. The molecule has 1 aromatic carbocycles. The molecule has 1 saturated carbocycles. The molecule has 0 radical (unpaired) electrons. The minimum Gasteiger partial charge on any atom is -0.447 e. The second-order valence-electron chi connectivity index (χ2n) is 7.13. The number of hydrogen-bond donors (Lipinski definition) is 0. The molecule has 0 aromatic heterocycles. The van der Waals surface area contributed by atoms with E-state index in [-0.39, 0.29) is 17.9 Å². The van der Waals surface area contributed by atoms with Gasteiger partial charge in [-0.05, 0) is 43.1 Å². The lowest BCUT2D eigenvalue weighted by Crippen LogP contribution is -2.46. The van der Waals surface area contributed by atoms with Crippen molar-refractivity contribution in [2.75, 3.05) is 6.61 Å². The van der Waals surface area contributed by atoms with Crippen molar-refractivity contribution in [3.05, 3.63) is 35.9 Å². The maximum absolute atomic E-state index is 13.0. The van der Waals surface area contributed by atoms with Crippen LogP contribution in [-0.2, 0) is 16.0 Å². The number of cyclic esters (lactones) is 1. The first-order chi connectivity index (χ1) is 11.1. The van der Waals surface area contributed by atoms with E-state index in [1.54, 1.807) is 0 Å². The van der Waals surface area contributed by atoms with Gasteiger partial charge in [-0.1, -0.05) is 44.2 Å². The molecule has 0 N–H and O–H groups in total. The Balaban J connectivity index is 1.73. The summed E-state index contributed by atoms with van der Waals surface area (Å²) >= 11 is 0. The molecule has 0 bridgehead atoms. The van der Waals surface area contributed by atoms with Crippen LogP contribution >= 0.6 is 0 Å². The predicted octanol–water partition coefficient (Wildman–Crippen LogP) is 3.65. The molecule has 1 aliphatic heterocycles. The maximum atomic E-state index is 13.0. The fraction of sp³-hybridized carbons (Fsp3) is 0.579. The normalized spacial score (nSPS) is 31.0. The van der Waals surface area contributed by atoms with E-state index in [0.29, 0.717) is 24.9 Å². The minimum atomic E-state index is -0.471. The highest BCUT2D eigenvalue weighted by atomic mass is 16.6. The summed E-state index contributed by atoms with van der Waals surface area (Å²) < 4.78 is 5.18. The van der Waals surface area contributed by atoms with Crippen LogP contribution in [0.4, 0.5) is 4.79 Å². The Hall–Kier alpha value is -1.84. The number of nitrogens with zero attached hydrogens (tertiary/aromatic N) is 1. The number of hydrogen-bond acceptors (Lipinski definition) is 3. The second-order valence-corrected chi connectivity index (χ2v) is 7.13. The molecule has 23 heavy (non-hydrogen) atoms. The van der Waals surface area contributed by atoms with Gasteiger partial charge in [-0.25, -0.2) is 9.69 Å². The van der Waals surface area contributed by atoms with Gasteiger partial charge >= 0.3 is 6.09 Å². The molecule has 2 fully saturated rings. The second kappa shape index (κ2) is 6.73. The average molecular weight is 315 g/mol. The molecule has 1 heterocycles. The van der Waals surface area contributed by atoms with Crippen LogP contribution in [0.5, 0.6) is 0 Å². The molecule has 2 aliphatic rings. The van der Waals surface area contributed by atoms with E-state index >= 15 is 0 Å². The third kappa shape index (κ3) is 3.41. The quantitative estimate of drug-likeness (QED) is 0.855. The van der Waals surface area contributed by atoms with Gasteiger partial charge in [0, 0.05) is 5.92 Å². The monoisotopic (exact) mass is 315 g/mol. The number of imide groups is 1. The van der Waals surface area contributed by atoms with Crippen molar-refractivity contribution in [1.29, 1.82) is 0 Å². The topological polar surface area (TPSA) is 46.6 Å². The molecule has 1 saturated heterocycles. The first kappa shape index (κ1) is 16.0. The molecule has 4 nitrogen and oxygen atoms in total. The Bertz CT molecular complexity index is 571. The number of carbonyl (C=O) groups excluding carboxylic acids is 2. The summed E-state index contributed by atoms with van der Waals surface area (Å²) in [5.74, 6) is 0.916. The zero-order valence-corrected chi connectivity index (χ0v) is 13.9. The number of amides is 2. The van der Waals surface area contributed by atoms with Crippen molar-refractivity contribution in [3.8, 4) is 0 Å². The minimum absolute atomic E-state index is 0.0344. The SMILES string of the molecule is C[C@H]1CC[C@H](C(=O)N2C(=O)OC[C@@H]2Cc2ccccc2)[C@H](C)C1. The first-order valence-corrected chi connectivity index (χ1v) is 8.60. The van der Waals surface area contributed by atoms with E-state index in [2.05, 4.69) is 13.8 Å². The molecule has 0 spiro atoms. The van der Waals surface area contributed by atoms with E-state index in [1.165, 1.54) is 4.90 Å². The smallest absolute Gasteiger partial charge is 0.416 e. The highest BCUT2D eigenvalue weighted by molar-refractivity contribution is 5.95. The molecule has 0 unspecified atom stereocenters. The number of rotatable bonds is 3. The lowest BCUT2D eigenvalue weighted by Gasteiger charge is -2.34. The van der Waals surface area contributed by atoms with Gasteiger partial charge in [-0.3, -0.25) is 4.79 Å². The molecule has 1 aliphatic carbocycles. The van der Waals surface area contributed by atoms with Gasteiger partial charge in [0.25, 0.3) is 0 Å². The summed E-state index contributed by atoms with van der Waals surface area (Å²) in [6.07, 6.45) is 3.19. The van der Waals surface area contributed by atoms with E-state index in [4.69, 9.17) is 4.74 Å². The Morgan fingerprint density at radius 2 is 1.96 bits per heavy atom. The molecule has 4 atom stereocenters. The average Bonchev–Trinajstić information content (AvgIpc) is 2.88. The van der Waals surface area contributed by atoms with Gasteiger partial charge in [-0.15, -0.1) is 0 Å². The van der Waals surface area contributed by atoms with Crippen molar-refractivity contribution in [2.24, 2.45) is 17.8 Å². The van der Waals surface area contributed by atoms with Crippen molar-refractivity contribution in [2.45, 2.75) is 45.6 Å². The van der Waals surface area contributed by atoms with Crippen LogP contribution < -0.4 is 0 Å². The lowest BCUT2D eigenvalue weighted by atomic mass is 9.75. The van der Waals surface area contributed by atoms with Crippen LogP contribution in [0.3, 0.4) is 0 Å². The van der Waals surface area contributed by atoms with E-state index in [0.717, 1.165) is 24.8 Å². The van der Waals surface area contributed by atoms with Gasteiger partial charge in [-0.2, -0.15) is 0 Å². The van der Waals surface area contributed by atoms with Gasteiger partial charge in [0.15, 0.2) is 0 Å². The molecule has 4 heteroatoms. The van der Waals surface area contributed by atoms with Crippen LogP contribution in [0.1, 0.15) is 38.7 Å². The third-order valence-corrected chi connectivity index (χ3v) is 5.26. The van der Waals surface area contributed by atoms with E-state index in [9.17, 15) is 9.59 Å². The van der Waals surface area contributed by atoms with Crippen molar-refractivity contribution >= 4 is 12.0 Å². The molecule has 3 rings (SSSR count). The Morgan fingerprint density at radius 1 is 1.22 bits per heavy atom. The van der Waals surface area contributed by atoms with E-state index < -0.39 is 6.09 Å². The molecule has 124 valence electrons. The van der Waals surface area contributed by atoms with Crippen molar-refractivity contribution in [3.63, 3.8) is 0 Å². The zero-order valence-electron chi connectivity index (χ0n) is 13.9. The summed E-state index contributed by atoms with van der Waals surface area (Å²) in [6.45, 7) is 4.67. The number of benzene rings is 1. The van der Waals surface area contributed by atoms with Gasteiger partial charge in [0.05, 0.1) is 6.04 Å². The van der Waals surface area contributed by atoms with Crippen molar-refractivity contribution < 1.29 is 14.3 Å². The summed E-state index contributed by atoms with van der Waals surface area (Å²) in [5.41, 5.74) is 1.12. The third-order valence-electron chi connectivity index (χ3n) is 5.26. The van der Waals surface area contributed by atoms with Crippen LogP contribution in [-0.4, -0.2) is 29.5 Å². The zero-order chi connectivity index (χ0) is 16.4. The Labute approximate surface area is 137 Å². The van der Waals surface area contributed by atoms with Crippen LogP contribution in [0, 0.1) is 17.8 Å². The first-order valence-electron chi connectivity index (χ1n) is 8.60. The standard InChI is InChI=1S/C19H25NO3/c1-13-8-9-17(14(2)10-13)18(21)20-16(12-23-19(20)22)11-15-6-4-3-5-7-15/h3-7,13-14,16-17H,8-12H2,1-2H3/t13-,14+,16-,17-/m0/s1. The summed E-state index contributed by atoms with van der Waals surface area (Å²) in [5, 5.41) is 0. The summed E-state index contributed by atoms with van der Waals surface area (Å²) in [6, 6.07) is 9.79. The molecular formula is C19H25NO3. The lowest BCUT2D eigenvalue weighted by molar-refractivity contribution is -0.136. The predicted molar refractivity (Wildman–Crippen MR) is 87.8 cm³/mol. The number of ether oxygens (including phenoxy) is 1. The Kier molecular flexibility index (Phi) is 4.69. The highest BCUT2D eigenvalue weighted by Crippen LogP contribution is 2.35. The fourth-order valence-electron chi connectivity index (χ4n) is 3.98. The van der Waals surface area contributed by atoms with Gasteiger partial charge in [0.2, 0.25) is 5.91 Å². The number of carbonyl (C=O) groups is 2. The van der Waals surface area contributed by atoms with Crippen LogP contribution in [0.2, 0.25) is 0 Å². The van der Waals surface area contributed by atoms with Crippen LogP contribution in [0.25, 0.3) is 0 Å². The summed E-state index contributed by atoms with van der Waals surface area (Å²) in [7, 11) is 0. The Morgan fingerprint density at radius 3 is 2.65 bits per heavy atom. The van der Waals surface area contributed by atoms with Crippen molar-refractivity contribution in [1.82, 2.24) is 4.90 Å². The molecule has 1 aromatic rings. The highest BCUT2D eigenvalue weighted by Gasteiger charge is 2.43. The van der Waals surface area contributed by atoms with Crippen LogP contribution in [0.15, 0.2) is 30.3 Å². The molecular weight excluding hydrogens is 290 g/mol. The fourth-order valence-corrected chi connectivity index (χ4v) is 3.98. The van der Waals surface area contributed by atoms with E-state index in [1.807, 2.05) is 30.3 Å². The van der Waals surface area contributed by atoms with Gasteiger partial charge in [0.1, 0.15) is 6.61 Å².